The summed E-state index contributed by atoms with van der Waals surface area (Å²) in [6, 6.07) is 0. The molecule has 6 heteroatoms. The third-order valence-corrected chi connectivity index (χ3v) is 11.3. The van der Waals surface area contributed by atoms with E-state index in [-0.39, 0.29) is 44.0 Å². The smallest absolute Gasteiger partial charge is 0.306 e. The third-order valence-electron chi connectivity index (χ3n) is 11.3. The van der Waals surface area contributed by atoms with Crippen molar-refractivity contribution in [3.8, 4) is 0 Å². The van der Waals surface area contributed by atoms with Gasteiger partial charge in [-0.2, -0.15) is 0 Å². The molecule has 0 unspecified atom stereocenters. The van der Waals surface area contributed by atoms with Gasteiger partial charge in [0.2, 0.25) is 0 Å². The van der Waals surface area contributed by atoms with Crippen molar-refractivity contribution >= 4 is 17.9 Å². The molecule has 0 amide bonds. The molecule has 0 aliphatic carbocycles. The molecule has 0 bridgehead atoms. The molecule has 0 saturated heterocycles. The van der Waals surface area contributed by atoms with Gasteiger partial charge in [0.25, 0.3) is 0 Å². The molecule has 0 heterocycles. The Kier molecular flexibility index (Phi) is 50.4. The van der Waals surface area contributed by atoms with Gasteiger partial charge in [-0.3, -0.25) is 14.4 Å². The molecule has 0 aromatic heterocycles. The number of hydrogen-bond acceptors (Lipinski definition) is 6. The first-order chi connectivity index (χ1) is 32.0. The van der Waals surface area contributed by atoms with Crippen LogP contribution in [-0.2, 0) is 28.6 Å². The number of rotatable bonds is 48. The Hall–Kier alpha value is -3.41. The Morgan fingerprint density at radius 3 is 0.985 bits per heavy atom. The third kappa shape index (κ3) is 51.4. The lowest BCUT2D eigenvalue weighted by molar-refractivity contribution is -0.167. The Bertz CT molecular complexity index is 1270. The van der Waals surface area contributed by atoms with Crippen LogP contribution in [-0.4, -0.2) is 37.2 Å². The van der Waals surface area contributed by atoms with Crippen LogP contribution in [0.4, 0.5) is 0 Å². The molecule has 65 heavy (non-hydrogen) atoms. The predicted molar refractivity (Wildman–Crippen MR) is 279 cm³/mol. The minimum Gasteiger partial charge on any atom is -0.462 e. The zero-order chi connectivity index (χ0) is 47.2. The highest BCUT2D eigenvalue weighted by molar-refractivity contribution is 5.71. The van der Waals surface area contributed by atoms with Gasteiger partial charge in [-0.1, -0.05) is 202 Å². The molecule has 0 spiro atoms. The first-order valence-corrected chi connectivity index (χ1v) is 27.1. The van der Waals surface area contributed by atoms with Crippen molar-refractivity contribution < 1.29 is 28.6 Å². The lowest BCUT2D eigenvalue weighted by Crippen LogP contribution is -2.30. The van der Waals surface area contributed by atoms with Crippen molar-refractivity contribution in [2.24, 2.45) is 0 Å². The molecule has 0 rings (SSSR count). The standard InChI is InChI=1S/C59H100O6/c1-4-7-10-13-16-19-22-25-27-29-31-34-37-40-43-46-49-52-58(61)64-55-56(54-63-57(60)51-48-45-42-39-36-33-24-21-18-15-12-9-6-3)65-59(62)53-50-47-44-41-38-35-32-30-28-26-23-20-17-14-11-8-5-2/h17,20-21,24-28,31-32,34-35,40,43,56H,4-16,18-19,22-23,29-30,33,36-39,41-42,44-55H2,1-3H3/b20-17-,24-21-,27-25-,28-26-,34-31-,35-32-,43-40-/t56-/m0/s1. The highest BCUT2D eigenvalue weighted by atomic mass is 16.6. The van der Waals surface area contributed by atoms with Crippen molar-refractivity contribution in [1.82, 2.24) is 0 Å². The highest BCUT2D eigenvalue weighted by Gasteiger charge is 2.19. The first kappa shape index (κ1) is 61.6. The Morgan fingerprint density at radius 2 is 0.569 bits per heavy atom. The maximum Gasteiger partial charge on any atom is 0.306 e. The summed E-state index contributed by atoms with van der Waals surface area (Å²) >= 11 is 0. The van der Waals surface area contributed by atoms with Gasteiger partial charge >= 0.3 is 17.9 Å². The van der Waals surface area contributed by atoms with Crippen LogP contribution >= 0.6 is 0 Å². The van der Waals surface area contributed by atoms with Gasteiger partial charge in [-0.05, 0) is 116 Å². The molecule has 0 radical (unpaired) electrons. The van der Waals surface area contributed by atoms with E-state index in [9.17, 15) is 14.4 Å². The molecule has 0 aromatic carbocycles. The Balaban J connectivity index is 4.52. The van der Waals surface area contributed by atoms with E-state index in [2.05, 4.69) is 106 Å². The van der Waals surface area contributed by atoms with Crippen LogP contribution in [0.25, 0.3) is 0 Å². The van der Waals surface area contributed by atoms with Crippen molar-refractivity contribution in [2.45, 2.75) is 258 Å². The van der Waals surface area contributed by atoms with Crippen LogP contribution in [0.2, 0.25) is 0 Å². The van der Waals surface area contributed by atoms with Crippen molar-refractivity contribution in [1.29, 1.82) is 0 Å². The monoisotopic (exact) mass is 905 g/mol. The van der Waals surface area contributed by atoms with Crippen molar-refractivity contribution in [3.05, 3.63) is 85.1 Å². The molecule has 0 aliphatic rings. The molecular formula is C59H100O6. The van der Waals surface area contributed by atoms with Gasteiger partial charge in [-0.15, -0.1) is 0 Å². The summed E-state index contributed by atoms with van der Waals surface area (Å²) in [6.45, 7) is 6.52. The normalized spacial score (nSPS) is 12.7. The van der Waals surface area contributed by atoms with Gasteiger partial charge in [0.05, 0.1) is 0 Å². The molecule has 0 aromatic rings. The van der Waals surface area contributed by atoms with Crippen LogP contribution in [0, 0.1) is 0 Å². The van der Waals surface area contributed by atoms with Crippen LogP contribution in [0.5, 0.6) is 0 Å². The van der Waals surface area contributed by atoms with Gasteiger partial charge < -0.3 is 14.2 Å². The number of ether oxygens (including phenoxy) is 3. The van der Waals surface area contributed by atoms with E-state index in [4.69, 9.17) is 14.2 Å². The van der Waals surface area contributed by atoms with E-state index in [0.29, 0.717) is 12.8 Å². The molecule has 1 atom stereocenters. The van der Waals surface area contributed by atoms with Crippen LogP contribution in [0.15, 0.2) is 85.1 Å². The summed E-state index contributed by atoms with van der Waals surface area (Å²) in [7, 11) is 0. The van der Waals surface area contributed by atoms with E-state index in [1.54, 1.807) is 0 Å². The summed E-state index contributed by atoms with van der Waals surface area (Å²) in [4.78, 5) is 38.0. The molecular weight excluding hydrogens is 805 g/mol. The number of unbranched alkanes of at least 4 members (excludes halogenated alkanes) is 23. The second kappa shape index (κ2) is 53.2. The number of hydrogen-bond donors (Lipinski definition) is 0. The fraction of sp³-hybridized carbons (Fsp3) is 0.712. The van der Waals surface area contributed by atoms with Gasteiger partial charge in [0, 0.05) is 19.3 Å². The summed E-state index contributed by atoms with van der Waals surface area (Å²) in [5, 5.41) is 0. The lowest BCUT2D eigenvalue weighted by atomic mass is 10.1. The van der Waals surface area contributed by atoms with Crippen molar-refractivity contribution in [3.63, 3.8) is 0 Å². The minimum atomic E-state index is -0.812. The SMILES string of the molecule is CCCCC/C=C\C/C=C\C/C=C\CCCCCCC(=O)O[C@H](COC(=O)CCC/C=C\C/C=C\C/C=C\CCCCCCCC)COC(=O)CCCCCCC/C=C\CCCCCC. The fourth-order valence-corrected chi connectivity index (χ4v) is 7.22. The summed E-state index contributed by atoms with van der Waals surface area (Å²) in [5.41, 5.74) is 0. The molecule has 0 aliphatic heterocycles. The number of esters is 3. The summed E-state index contributed by atoms with van der Waals surface area (Å²) < 4.78 is 16.7. The number of carbonyl (C=O) groups excluding carboxylic acids is 3. The number of allylic oxidation sites excluding steroid dienone is 14. The Labute approximate surface area is 401 Å². The largest absolute Gasteiger partial charge is 0.462 e. The van der Waals surface area contributed by atoms with Gasteiger partial charge in [0.1, 0.15) is 13.2 Å². The molecule has 6 nitrogen and oxygen atoms in total. The number of carbonyl (C=O) groups is 3. The van der Waals surface area contributed by atoms with E-state index in [1.165, 1.54) is 109 Å². The minimum absolute atomic E-state index is 0.106. The summed E-state index contributed by atoms with van der Waals surface area (Å²) in [5.74, 6) is -0.990. The maximum absolute atomic E-state index is 12.8. The lowest BCUT2D eigenvalue weighted by Gasteiger charge is -2.18. The van der Waals surface area contributed by atoms with Crippen LogP contribution in [0.3, 0.4) is 0 Å². The van der Waals surface area contributed by atoms with Gasteiger partial charge in [-0.25, -0.2) is 0 Å². The van der Waals surface area contributed by atoms with E-state index >= 15 is 0 Å². The predicted octanol–water partition coefficient (Wildman–Crippen LogP) is 18.0. The topological polar surface area (TPSA) is 78.9 Å². The van der Waals surface area contributed by atoms with Gasteiger partial charge in [0.15, 0.2) is 6.10 Å². The zero-order valence-electron chi connectivity index (χ0n) is 42.5. The fourth-order valence-electron chi connectivity index (χ4n) is 7.22. The molecule has 0 N–H and O–H groups in total. The average molecular weight is 905 g/mol. The molecule has 0 saturated carbocycles. The van der Waals surface area contributed by atoms with Crippen LogP contribution < -0.4 is 0 Å². The first-order valence-electron chi connectivity index (χ1n) is 27.1. The maximum atomic E-state index is 12.8. The average Bonchev–Trinajstić information content (AvgIpc) is 3.30. The van der Waals surface area contributed by atoms with E-state index < -0.39 is 6.10 Å². The second-order valence-electron chi connectivity index (χ2n) is 17.8. The van der Waals surface area contributed by atoms with E-state index in [0.717, 1.165) is 96.3 Å². The van der Waals surface area contributed by atoms with Crippen LogP contribution in [0.1, 0.15) is 252 Å². The second-order valence-corrected chi connectivity index (χ2v) is 17.8. The van der Waals surface area contributed by atoms with E-state index in [1.807, 2.05) is 0 Å². The quantitative estimate of drug-likeness (QED) is 0.0262. The van der Waals surface area contributed by atoms with Crippen molar-refractivity contribution in [2.75, 3.05) is 13.2 Å². The Morgan fingerprint density at radius 1 is 0.308 bits per heavy atom. The molecule has 372 valence electrons. The summed E-state index contributed by atoms with van der Waals surface area (Å²) in [6.07, 6.45) is 68.5. The molecule has 0 fully saturated rings. The highest BCUT2D eigenvalue weighted by Crippen LogP contribution is 2.13. The zero-order valence-corrected chi connectivity index (χ0v) is 42.5.